The van der Waals surface area contributed by atoms with Gasteiger partial charge in [-0.05, 0) is 52.7 Å². The van der Waals surface area contributed by atoms with Crippen molar-refractivity contribution < 1.29 is 0 Å². The molecule has 1 aromatic heterocycles. The number of nitrogens with zero attached hydrogens (tertiary/aromatic N) is 4. The predicted molar refractivity (Wildman–Crippen MR) is 116 cm³/mol. The highest BCUT2D eigenvalue weighted by Gasteiger charge is 2.24. The molecule has 1 aliphatic carbocycles. The van der Waals surface area contributed by atoms with Crippen molar-refractivity contribution in [3.63, 3.8) is 0 Å². The van der Waals surface area contributed by atoms with Crippen LogP contribution >= 0.6 is 0 Å². The quantitative estimate of drug-likeness (QED) is 0.432. The summed E-state index contributed by atoms with van der Waals surface area (Å²) in [5.74, 6) is 0. The van der Waals surface area contributed by atoms with Crippen molar-refractivity contribution in [3.05, 3.63) is 76.7 Å². The molecule has 2 aromatic carbocycles. The van der Waals surface area contributed by atoms with Gasteiger partial charge in [0, 0.05) is 34.6 Å². The number of aromatic nitrogens is 2. The van der Waals surface area contributed by atoms with Crippen molar-refractivity contribution >= 4 is 5.71 Å². The minimum absolute atomic E-state index is 0.320. The minimum atomic E-state index is 0.320. The highest BCUT2D eigenvalue weighted by molar-refractivity contribution is 6.24. The monoisotopic (exact) mass is 372 g/mol. The normalized spacial score (nSPS) is 12.5. The maximum Gasteiger partial charge on any atom is 0.230 e. The molecule has 0 amide bonds. The Labute approximate surface area is 166 Å². The summed E-state index contributed by atoms with van der Waals surface area (Å²) >= 11 is 0. The molecule has 0 radical (unpaired) electrons. The van der Waals surface area contributed by atoms with Gasteiger partial charge < -0.3 is 9.13 Å². The fourth-order valence-corrected chi connectivity index (χ4v) is 4.29. The van der Waals surface area contributed by atoms with Crippen molar-refractivity contribution in [2.45, 2.75) is 53.6 Å². The molecule has 0 N–H and O–H groups in total. The Morgan fingerprint density at radius 1 is 0.607 bits per heavy atom. The van der Waals surface area contributed by atoms with E-state index >= 15 is 0 Å². The van der Waals surface area contributed by atoms with E-state index in [0.717, 1.165) is 22.5 Å². The number of rotatable bonds is 3. The van der Waals surface area contributed by atoms with Gasteiger partial charge >= 0.3 is 0 Å². The number of hydrogen-bond donors (Lipinski definition) is 0. The third-order valence-electron chi connectivity index (χ3n) is 5.60. The molecule has 0 unspecified atom stereocenters. The second-order valence-electron chi connectivity index (χ2n) is 8.04. The van der Waals surface area contributed by atoms with Crippen molar-refractivity contribution in [3.8, 4) is 11.1 Å². The third-order valence-corrected chi connectivity index (χ3v) is 5.60. The van der Waals surface area contributed by atoms with E-state index in [4.69, 9.17) is 10.2 Å². The maximum atomic E-state index is 4.82. The van der Waals surface area contributed by atoms with Gasteiger partial charge in [-0.2, -0.15) is 0 Å². The van der Waals surface area contributed by atoms with Crippen molar-refractivity contribution in [2.75, 3.05) is 0 Å². The van der Waals surface area contributed by atoms with E-state index in [-0.39, 0.29) is 0 Å². The van der Waals surface area contributed by atoms with Crippen LogP contribution in [0, 0.1) is 13.8 Å². The van der Waals surface area contributed by atoms with Crippen LogP contribution in [0.3, 0.4) is 0 Å². The lowest BCUT2D eigenvalue weighted by molar-refractivity contribution is 0.498. The SMILES string of the molecule is Cc1c(C)n(C(C)C)c(=NN=C2c3ccccc3-c3ccccc32)n1C(C)C. The minimum Gasteiger partial charge on any atom is -0.310 e. The summed E-state index contributed by atoms with van der Waals surface area (Å²) in [6.07, 6.45) is 0. The molecule has 4 heteroatoms. The lowest BCUT2D eigenvalue weighted by Crippen LogP contribution is -2.29. The van der Waals surface area contributed by atoms with E-state index in [1.54, 1.807) is 0 Å². The second-order valence-corrected chi connectivity index (χ2v) is 8.04. The highest BCUT2D eigenvalue weighted by atomic mass is 15.3. The van der Waals surface area contributed by atoms with Crippen LogP contribution in [-0.4, -0.2) is 14.8 Å². The highest BCUT2D eigenvalue weighted by Crippen LogP contribution is 2.36. The molecule has 3 aromatic rings. The summed E-state index contributed by atoms with van der Waals surface area (Å²) in [5, 5.41) is 9.64. The maximum absolute atomic E-state index is 4.82. The topological polar surface area (TPSA) is 34.6 Å². The van der Waals surface area contributed by atoms with E-state index in [1.807, 2.05) is 0 Å². The first-order valence-electron chi connectivity index (χ1n) is 10.0. The summed E-state index contributed by atoms with van der Waals surface area (Å²) in [7, 11) is 0. The van der Waals surface area contributed by atoms with Crippen LogP contribution in [0.25, 0.3) is 11.1 Å². The van der Waals surface area contributed by atoms with Crippen LogP contribution < -0.4 is 5.62 Å². The van der Waals surface area contributed by atoms with E-state index in [9.17, 15) is 0 Å². The van der Waals surface area contributed by atoms with Crippen LogP contribution in [0.15, 0.2) is 58.7 Å². The first-order valence-corrected chi connectivity index (χ1v) is 10.0. The van der Waals surface area contributed by atoms with Crippen LogP contribution in [0.1, 0.15) is 62.3 Å². The average Bonchev–Trinajstić information content (AvgIpc) is 3.12. The van der Waals surface area contributed by atoms with Gasteiger partial charge in [0.1, 0.15) is 5.71 Å². The molecule has 144 valence electrons. The van der Waals surface area contributed by atoms with E-state index in [1.165, 1.54) is 22.5 Å². The zero-order chi connectivity index (χ0) is 20.0. The molecule has 1 heterocycles. The van der Waals surface area contributed by atoms with Crippen molar-refractivity contribution in [1.82, 2.24) is 9.13 Å². The zero-order valence-corrected chi connectivity index (χ0v) is 17.6. The molecular formula is C24H28N4. The average molecular weight is 373 g/mol. The molecular weight excluding hydrogens is 344 g/mol. The largest absolute Gasteiger partial charge is 0.310 e. The Morgan fingerprint density at radius 2 is 1.00 bits per heavy atom. The number of hydrogen-bond acceptors (Lipinski definition) is 2. The standard InChI is InChI=1S/C24H28N4/c1-15(2)27-17(5)18(6)28(16(3)4)24(27)26-25-23-21-13-9-7-11-19(21)20-12-8-10-14-22(20)23/h7-16H,1-6H3. The van der Waals surface area contributed by atoms with Gasteiger partial charge in [-0.25, -0.2) is 0 Å². The molecule has 0 spiro atoms. The first kappa shape index (κ1) is 18.5. The van der Waals surface area contributed by atoms with Gasteiger partial charge in [0.05, 0.1) is 0 Å². The molecule has 0 bridgehead atoms. The molecule has 0 fully saturated rings. The summed E-state index contributed by atoms with van der Waals surface area (Å²) in [4.78, 5) is 0. The summed E-state index contributed by atoms with van der Waals surface area (Å²) in [6.45, 7) is 13.1. The smallest absolute Gasteiger partial charge is 0.230 e. The fraction of sp³-hybridized carbons (Fsp3) is 0.333. The molecule has 0 saturated carbocycles. The molecule has 0 saturated heterocycles. The number of benzene rings is 2. The van der Waals surface area contributed by atoms with Crippen LogP contribution in [0.2, 0.25) is 0 Å². The molecule has 28 heavy (non-hydrogen) atoms. The molecule has 4 rings (SSSR count). The molecule has 0 aliphatic heterocycles. The Morgan fingerprint density at radius 3 is 1.39 bits per heavy atom. The Hall–Kier alpha value is -2.88. The van der Waals surface area contributed by atoms with E-state index in [2.05, 4.69) is 99.2 Å². The van der Waals surface area contributed by atoms with Gasteiger partial charge in [0.25, 0.3) is 0 Å². The Balaban J connectivity index is 2.00. The summed E-state index contributed by atoms with van der Waals surface area (Å²) in [6, 6.07) is 17.5. The molecule has 1 aliphatic rings. The van der Waals surface area contributed by atoms with Gasteiger partial charge in [0.15, 0.2) is 0 Å². The third kappa shape index (κ3) is 2.75. The van der Waals surface area contributed by atoms with Crippen LogP contribution in [-0.2, 0) is 0 Å². The fourth-order valence-electron chi connectivity index (χ4n) is 4.29. The number of imidazole rings is 1. The zero-order valence-electron chi connectivity index (χ0n) is 17.6. The molecule has 4 nitrogen and oxygen atoms in total. The van der Waals surface area contributed by atoms with Gasteiger partial charge in [0.2, 0.25) is 5.62 Å². The lowest BCUT2D eigenvalue weighted by atomic mass is 10.1. The Kier molecular flexibility index (Phi) is 4.58. The second kappa shape index (κ2) is 6.93. The number of fused-ring (bicyclic) bond motifs is 3. The molecule has 0 atom stereocenters. The van der Waals surface area contributed by atoms with Crippen molar-refractivity contribution in [2.24, 2.45) is 10.2 Å². The summed E-state index contributed by atoms with van der Waals surface area (Å²) < 4.78 is 4.57. The van der Waals surface area contributed by atoms with E-state index < -0.39 is 0 Å². The van der Waals surface area contributed by atoms with Gasteiger partial charge in [-0.15, -0.1) is 10.2 Å². The van der Waals surface area contributed by atoms with Crippen LogP contribution in [0.5, 0.6) is 0 Å². The predicted octanol–water partition coefficient (Wildman–Crippen LogP) is 5.40. The van der Waals surface area contributed by atoms with Gasteiger partial charge in [-0.1, -0.05) is 48.5 Å². The van der Waals surface area contributed by atoms with Crippen molar-refractivity contribution in [1.29, 1.82) is 0 Å². The summed E-state index contributed by atoms with van der Waals surface area (Å²) in [5.41, 5.74) is 9.12. The lowest BCUT2D eigenvalue weighted by Gasteiger charge is -2.11. The van der Waals surface area contributed by atoms with Gasteiger partial charge in [-0.3, -0.25) is 0 Å². The van der Waals surface area contributed by atoms with E-state index in [0.29, 0.717) is 12.1 Å². The first-order chi connectivity index (χ1) is 13.4. The Bertz CT molecular complexity index is 1060. The van der Waals surface area contributed by atoms with Crippen LogP contribution in [0.4, 0.5) is 0 Å².